The Morgan fingerprint density at radius 3 is 2.33 bits per heavy atom. The number of nitrogens with one attached hydrogen (secondary N) is 1. The molecule has 4 heterocycles. The van der Waals surface area contributed by atoms with Crippen LogP contribution in [-0.4, -0.2) is 47.7 Å². The van der Waals surface area contributed by atoms with Crippen LogP contribution in [0.25, 0.3) is 0 Å². The van der Waals surface area contributed by atoms with Gasteiger partial charge in [0.15, 0.2) is 0 Å². The highest BCUT2D eigenvalue weighted by molar-refractivity contribution is 6.18. The maximum atomic E-state index is 14.7. The third-order valence-electron chi connectivity index (χ3n) is 9.35. The molecule has 0 radical (unpaired) electrons. The van der Waals surface area contributed by atoms with Crippen LogP contribution in [0.2, 0.25) is 0 Å². The Morgan fingerprint density at radius 1 is 0.881 bits per heavy atom. The second-order valence-electron chi connectivity index (χ2n) is 12.3. The van der Waals surface area contributed by atoms with Crippen molar-refractivity contribution in [1.29, 1.82) is 0 Å². The van der Waals surface area contributed by atoms with E-state index in [9.17, 15) is 19.2 Å². The fraction of sp³-hybridized carbons (Fsp3) is 0.353. The van der Waals surface area contributed by atoms with E-state index in [-0.39, 0.29) is 48.7 Å². The molecular weight excluding hydrogens is 528 g/mol. The first-order chi connectivity index (χ1) is 20.3. The van der Waals surface area contributed by atoms with Crippen LogP contribution < -0.4 is 15.1 Å². The van der Waals surface area contributed by atoms with E-state index in [1.54, 1.807) is 4.90 Å². The Kier molecular flexibility index (Phi) is 6.27. The molecule has 1 spiro atoms. The minimum atomic E-state index is -1.41. The Balaban J connectivity index is 1.27. The zero-order chi connectivity index (χ0) is 29.2. The Labute approximate surface area is 245 Å². The normalized spacial score (nSPS) is 26.0. The van der Waals surface area contributed by atoms with Gasteiger partial charge in [0.25, 0.3) is 5.91 Å². The number of anilines is 2. The van der Waals surface area contributed by atoms with E-state index in [1.807, 2.05) is 78.9 Å². The molecule has 7 rings (SSSR count). The van der Waals surface area contributed by atoms with E-state index >= 15 is 0 Å². The number of imide groups is 1. The molecule has 4 aliphatic heterocycles. The van der Waals surface area contributed by atoms with Gasteiger partial charge in [0.1, 0.15) is 12.1 Å². The maximum absolute atomic E-state index is 14.7. The van der Waals surface area contributed by atoms with Gasteiger partial charge in [0, 0.05) is 29.5 Å². The lowest BCUT2D eigenvalue weighted by atomic mass is 9.76. The van der Waals surface area contributed by atoms with Gasteiger partial charge in [0.2, 0.25) is 17.7 Å². The van der Waals surface area contributed by atoms with Crippen molar-refractivity contribution >= 4 is 35.0 Å². The fourth-order valence-corrected chi connectivity index (χ4v) is 7.61. The van der Waals surface area contributed by atoms with Crippen LogP contribution in [0.15, 0.2) is 78.9 Å². The van der Waals surface area contributed by atoms with E-state index in [1.165, 1.54) is 9.80 Å². The number of hydrogen-bond donors (Lipinski definition) is 1. The average molecular weight is 563 g/mol. The summed E-state index contributed by atoms with van der Waals surface area (Å²) in [6.45, 7) is 4.74. The Hall–Kier alpha value is -4.30. The molecule has 4 amide bonds. The number of nitrogens with zero attached hydrogens (tertiary/aromatic N) is 3. The topological polar surface area (TPSA) is 90.0 Å². The zero-order valence-electron chi connectivity index (χ0n) is 23.8. The summed E-state index contributed by atoms with van der Waals surface area (Å²) in [5.74, 6) is -2.40. The molecule has 1 N–H and O–H groups in total. The summed E-state index contributed by atoms with van der Waals surface area (Å²) in [5.41, 5.74) is 2.71. The molecule has 0 aromatic heterocycles. The van der Waals surface area contributed by atoms with Gasteiger partial charge in [-0.3, -0.25) is 29.4 Å². The highest BCUT2D eigenvalue weighted by Crippen LogP contribution is 2.55. The summed E-state index contributed by atoms with van der Waals surface area (Å²) in [5, 5.41) is 3.55. The number of para-hydroxylation sites is 2. The van der Waals surface area contributed by atoms with Crippen LogP contribution in [-0.2, 0) is 37.7 Å². The minimum Gasteiger partial charge on any atom is -0.310 e. The van der Waals surface area contributed by atoms with Gasteiger partial charge in [-0.05, 0) is 42.0 Å². The van der Waals surface area contributed by atoms with E-state index < -0.39 is 17.4 Å². The standard InChI is InChI=1S/C34H34N4O4/c1-21(2)18-25-29-30(32(41)38(31(29)40)19-22-10-4-3-5-11-22)34(35-25)24-13-7-9-15-27(24)37(33(34)42)20-28(39)36-17-16-23-12-6-8-14-26(23)36/h3-15,21,25,29-30,35H,16-20H2,1-2H3/t25-,29+,30+,34+/m1/s1. The van der Waals surface area contributed by atoms with E-state index in [2.05, 4.69) is 19.2 Å². The molecule has 0 aliphatic carbocycles. The molecule has 0 unspecified atom stereocenters. The molecule has 3 aromatic rings. The molecule has 42 heavy (non-hydrogen) atoms. The smallest absolute Gasteiger partial charge is 0.253 e. The van der Waals surface area contributed by atoms with Crippen molar-refractivity contribution in [3.8, 4) is 0 Å². The number of amides is 4. The molecule has 3 aromatic carbocycles. The molecule has 8 heteroatoms. The fourth-order valence-electron chi connectivity index (χ4n) is 7.61. The number of carbonyl (C=O) groups is 4. The largest absolute Gasteiger partial charge is 0.310 e. The number of benzene rings is 3. The van der Waals surface area contributed by atoms with Crippen molar-refractivity contribution in [3.63, 3.8) is 0 Å². The van der Waals surface area contributed by atoms with Crippen molar-refractivity contribution in [1.82, 2.24) is 10.2 Å². The van der Waals surface area contributed by atoms with Gasteiger partial charge in [-0.15, -0.1) is 0 Å². The predicted molar refractivity (Wildman–Crippen MR) is 158 cm³/mol. The van der Waals surface area contributed by atoms with Crippen LogP contribution in [0.3, 0.4) is 0 Å². The summed E-state index contributed by atoms with van der Waals surface area (Å²) in [4.78, 5) is 61.2. The van der Waals surface area contributed by atoms with Crippen molar-refractivity contribution in [3.05, 3.63) is 95.6 Å². The summed E-state index contributed by atoms with van der Waals surface area (Å²) in [6, 6.07) is 24.3. The molecule has 2 saturated heterocycles. The van der Waals surface area contributed by atoms with Gasteiger partial charge < -0.3 is 9.80 Å². The van der Waals surface area contributed by atoms with Gasteiger partial charge >= 0.3 is 0 Å². The SMILES string of the molecule is CC(C)C[C@H]1N[C@]2(C(=O)N(CC(=O)N3CCc4ccccc43)c3ccccc32)[C@@H]2C(=O)N(Cc3ccccc3)C(=O)[C@H]21. The first-order valence-corrected chi connectivity index (χ1v) is 14.8. The second-order valence-corrected chi connectivity index (χ2v) is 12.3. The maximum Gasteiger partial charge on any atom is 0.253 e. The zero-order valence-corrected chi connectivity index (χ0v) is 23.8. The van der Waals surface area contributed by atoms with Gasteiger partial charge in [-0.1, -0.05) is 80.6 Å². The summed E-state index contributed by atoms with van der Waals surface area (Å²) in [6.07, 6.45) is 1.41. The Bertz CT molecular complexity index is 1600. The average Bonchev–Trinajstić information content (AvgIpc) is 3.69. The summed E-state index contributed by atoms with van der Waals surface area (Å²) in [7, 11) is 0. The number of rotatable bonds is 6. The van der Waals surface area contributed by atoms with E-state index in [0.29, 0.717) is 24.2 Å². The highest BCUT2D eigenvalue weighted by atomic mass is 16.2. The first kappa shape index (κ1) is 26.6. The lowest BCUT2D eigenvalue weighted by Gasteiger charge is -2.31. The van der Waals surface area contributed by atoms with Crippen molar-refractivity contribution in [2.24, 2.45) is 17.8 Å². The first-order valence-electron chi connectivity index (χ1n) is 14.8. The third kappa shape index (κ3) is 3.85. The van der Waals surface area contributed by atoms with E-state index in [4.69, 9.17) is 0 Å². The quantitative estimate of drug-likeness (QED) is 0.464. The lowest BCUT2D eigenvalue weighted by Crippen LogP contribution is -2.56. The summed E-state index contributed by atoms with van der Waals surface area (Å²) < 4.78 is 0. The molecule has 0 saturated carbocycles. The predicted octanol–water partition coefficient (Wildman–Crippen LogP) is 3.64. The summed E-state index contributed by atoms with van der Waals surface area (Å²) >= 11 is 0. The van der Waals surface area contributed by atoms with Gasteiger partial charge in [0.05, 0.1) is 18.4 Å². The number of hydrogen-bond acceptors (Lipinski definition) is 5. The van der Waals surface area contributed by atoms with Crippen LogP contribution in [0.4, 0.5) is 11.4 Å². The minimum absolute atomic E-state index is 0.143. The molecule has 4 aliphatic rings. The number of likely N-dealkylation sites (tertiary alicyclic amines) is 1. The Morgan fingerprint density at radius 2 is 1.57 bits per heavy atom. The van der Waals surface area contributed by atoms with Crippen molar-refractivity contribution in [2.45, 2.75) is 44.8 Å². The van der Waals surface area contributed by atoms with Crippen molar-refractivity contribution < 1.29 is 19.2 Å². The molecule has 4 atom stereocenters. The van der Waals surface area contributed by atoms with Crippen molar-refractivity contribution in [2.75, 3.05) is 22.9 Å². The van der Waals surface area contributed by atoms with Crippen LogP contribution >= 0.6 is 0 Å². The van der Waals surface area contributed by atoms with Gasteiger partial charge in [-0.25, -0.2) is 0 Å². The number of carbonyl (C=O) groups excluding carboxylic acids is 4. The molecular formula is C34H34N4O4. The second kappa shape index (κ2) is 9.91. The highest BCUT2D eigenvalue weighted by Gasteiger charge is 2.71. The molecule has 8 nitrogen and oxygen atoms in total. The molecule has 0 bridgehead atoms. The lowest BCUT2D eigenvalue weighted by molar-refractivity contribution is -0.143. The molecule has 2 fully saturated rings. The number of fused-ring (bicyclic) bond motifs is 5. The van der Waals surface area contributed by atoms with Crippen LogP contribution in [0, 0.1) is 17.8 Å². The van der Waals surface area contributed by atoms with Crippen LogP contribution in [0.5, 0.6) is 0 Å². The van der Waals surface area contributed by atoms with Gasteiger partial charge in [-0.2, -0.15) is 0 Å². The van der Waals surface area contributed by atoms with Crippen LogP contribution in [0.1, 0.15) is 37.0 Å². The van der Waals surface area contributed by atoms with E-state index in [0.717, 1.165) is 23.2 Å². The third-order valence-corrected chi connectivity index (χ3v) is 9.35. The molecule has 214 valence electrons. The monoisotopic (exact) mass is 562 g/mol.